The van der Waals surface area contributed by atoms with Crippen LogP contribution in [0.25, 0.3) is 0 Å². The minimum absolute atomic E-state index is 0.0225. The Bertz CT molecular complexity index is 487. The van der Waals surface area contributed by atoms with Crippen molar-refractivity contribution in [2.75, 3.05) is 11.4 Å². The molecule has 1 aromatic carbocycles. The highest BCUT2D eigenvalue weighted by Crippen LogP contribution is 2.28. The number of aliphatic carboxylic acids is 1. The molecule has 4 nitrogen and oxygen atoms in total. The molecule has 0 aliphatic carbocycles. The predicted octanol–water partition coefficient (Wildman–Crippen LogP) is 1.57. The van der Waals surface area contributed by atoms with Gasteiger partial charge in [0.1, 0.15) is 5.82 Å². The molecule has 1 aliphatic rings. The van der Waals surface area contributed by atoms with Gasteiger partial charge in [-0.1, -0.05) is 6.07 Å². The number of amides is 1. The average Bonchev–Trinajstić information content (AvgIpc) is 2.64. The maximum absolute atomic E-state index is 13.1. The SMILES string of the molecule is Cc1ccc(F)cc1N1CC(C(=O)O)CC1=O. The largest absolute Gasteiger partial charge is 0.481 e. The van der Waals surface area contributed by atoms with Crippen LogP contribution in [0.1, 0.15) is 12.0 Å². The van der Waals surface area contributed by atoms with Gasteiger partial charge >= 0.3 is 5.97 Å². The lowest BCUT2D eigenvalue weighted by atomic mass is 10.1. The molecule has 2 rings (SSSR count). The van der Waals surface area contributed by atoms with Gasteiger partial charge in [0.05, 0.1) is 5.92 Å². The summed E-state index contributed by atoms with van der Waals surface area (Å²) in [6.45, 7) is 1.87. The number of rotatable bonds is 2. The summed E-state index contributed by atoms with van der Waals surface area (Å²) >= 11 is 0. The first-order valence-electron chi connectivity index (χ1n) is 5.28. The van der Waals surface area contributed by atoms with Gasteiger partial charge in [0, 0.05) is 18.7 Å². The van der Waals surface area contributed by atoms with Crippen molar-refractivity contribution >= 4 is 17.6 Å². The van der Waals surface area contributed by atoms with Crippen LogP contribution in [0.15, 0.2) is 18.2 Å². The molecular weight excluding hydrogens is 225 g/mol. The summed E-state index contributed by atoms with van der Waals surface area (Å²) < 4.78 is 13.1. The zero-order valence-electron chi connectivity index (χ0n) is 9.31. The van der Waals surface area contributed by atoms with Gasteiger partial charge in [0.25, 0.3) is 0 Å². The van der Waals surface area contributed by atoms with Crippen molar-refractivity contribution < 1.29 is 19.1 Å². The van der Waals surface area contributed by atoms with Crippen LogP contribution < -0.4 is 4.90 Å². The van der Waals surface area contributed by atoms with Crippen LogP contribution in [0.2, 0.25) is 0 Å². The Kier molecular flexibility index (Phi) is 2.83. The lowest BCUT2D eigenvalue weighted by molar-refractivity contribution is -0.141. The van der Waals surface area contributed by atoms with E-state index in [9.17, 15) is 14.0 Å². The highest BCUT2D eigenvalue weighted by molar-refractivity contribution is 5.99. The number of carboxylic acids is 1. The first-order valence-corrected chi connectivity index (χ1v) is 5.28. The highest BCUT2D eigenvalue weighted by atomic mass is 19.1. The number of hydrogen-bond donors (Lipinski definition) is 1. The number of carbonyl (C=O) groups is 2. The second-order valence-corrected chi connectivity index (χ2v) is 4.17. The van der Waals surface area contributed by atoms with Crippen LogP contribution in [0.4, 0.5) is 10.1 Å². The lowest BCUT2D eigenvalue weighted by Crippen LogP contribution is -2.26. The molecule has 5 heteroatoms. The average molecular weight is 237 g/mol. The topological polar surface area (TPSA) is 57.6 Å². The molecule has 0 saturated carbocycles. The first-order chi connectivity index (χ1) is 7.99. The molecule has 0 radical (unpaired) electrons. The Labute approximate surface area is 97.7 Å². The van der Waals surface area contributed by atoms with E-state index in [1.54, 1.807) is 13.0 Å². The number of carboxylic acid groups (broad SMARTS) is 1. The Hall–Kier alpha value is -1.91. The van der Waals surface area contributed by atoms with Crippen molar-refractivity contribution in [2.45, 2.75) is 13.3 Å². The van der Waals surface area contributed by atoms with Gasteiger partial charge in [0.2, 0.25) is 5.91 Å². The molecule has 1 unspecified atom stereocenters. The Morgan fingerprint density at radius 2 is 2.24 bits per heavy atom. The van der Waals surface area contributed by atoms with Crippen molar-refractivity contribution in [3.05, 3.63) is 29.6 Å². The molecule has 1 amide bonds. The minimum Gasteiger partial charge on any atom is -0.481 e. The molecule has 1 saturated heterocycles. The van der Waals surface area contributed by atoms with E-state index in [1.807, 2.05) is 0 Å². The molecular formula is C12H12FNO3. The van der Waals surface area contributed by atoms with Gasteiger partial charge in [0.15, 0.2) is 0 Å². The zero-order valence-corrected chi connectivity index (χ0v) is 9.31. The molecule has 90 valence electrons. The van der Waals surface area contributed by atoms with E-state index in [0.29, 0.717) is 5.69 Å². The number of carbonyl (C=O) groups excluding carboxylic acids is 1. The van der Waals surface area contributed by atoms with Gasteiger partial charge in [-0.05, 0) is 24.6 Å². The fourth-order valence-corrected chi connectivity index (χ4v) is 1.98. The smallest absolute Gasteiger partial charge is 0.308 e. The standard InChI is InChI=1S/C12H12FNO3/c1-7-2-3-9(13)5-10(7)14-6-8(12(16)17)4-11(14)15/h2-3,5,8H,4,6H2,1H3,(H,16,17). The summed E-state index contributed by atoms with van der Waals surface area (Å²) in [5.74, 6) is -2.40. The van der Waals surface area contributed by atoms with E-state index in [-0.39, 0.29) is 18.9 Å². The van der Waals surface area contributed by atoms with Crippen molar-refractivity contribution in [1.82, 2.24) is 0 Å². The fourth-order valence-electron chi connectivity index (χ4n) is 1.98. The van der Waals surface area contributed by atoms with Crippen LogP contribution in [-0.2, 0) is 9.59 Å². The van der Waals surface area contributed by atoms with Crippen LogP contribution in [0.3, 0.4) is 0 Å². The Morgan fingerprint density at radius 1 is 1.53 bits per heavy atom. The molecule has 1 fully saturated rings. The maximum atomic E-state index is 13.1. The summed E-state index contributed by atoms with van der Waals surface area (Å²) in [6, 6.07) is 4.15. The quantitative estimate of drug-likeness (QED) is 0.849. The maximum Gasteiger partial charge on any atom is 0.308 e. The van der Waals surface area contributed by atoms with Crippen molar-refractivity contribution in [3.63, 3.8) is 0 Å². The van der Waals surface area contributed by atoms with Crippen LogP contribution in [0, 0.1) is 18.7 Å². The third-order valence-electron chi connectivity index (χ3n) is 2.94. The monoisotopic (exact) mass is 237 g/mol. The summed E-state index contributed by atoms with van der Waals surface area (Å²) in [7, 11) is 0. The third kappa shape index (κ3) is 2.13. The van der Waals surface area contributed by atoms with Crippen LogP contribution in [0.5, 0.6) is 0 Å². The minimum atomic E-state index is -0.991. The molecule has 1 atom stereocenters. The van der Waals surface area contributed by atoms with Crippen molar-refractivity contribution in [1.29, 1.82) is 0 Å². The number of anilines is 1. The van der Waals surface area contributed by atoms with Gasteiger partial charge in [-0.25, -0.2) is 4.39 Å². The molecule has 17 heavy (non-hydrogen) atoms. The van der Waals surface area contributed by atoms with Gasteiger partial charge < -0.3 is 10.0 Å². The van der Waals surface area contributed by atoms with Gasteiger partial charge in [-0.15, -0.1) is 0 Å². The van der Waals surface area contributed by atoms with E-state index < -0.39 is 17.7 Å². The van der Waals surface area contributed by atoms with Crippen LogP contribution in [-0.4, -0.2) is 23.5 Å². The van der Waals surface area contributed by atoms with E-state index in [0.717, 1.165) is 5.56 Å². The normalized spacial score (nSPS) is 19.8. The fraction of sp³-hybridized carbons (Fsp3) is 0.333. The molecule has 0 bridgehead atoms. The summed E-state index contributed by atoms with van der Waals surface area (Å²) in [4.78, 5) is 23.9. The van der Waals surface area contributed by atoms with Crippen molar-refractivity contribution in [2.24, 2.45) is 5.92 Å². The predicted molar refractivity (Wildman–Crippen MR) is 59.2 cm³/mol. The summed E-state index contributed by atoms with van der Waals surface area (Å²) in [5, 5.41) is 8.87. The number of aryl methyl sites for hydroxylation is 1. The number of hydrogen-bond acceptors (Lipinski definition) is 2. The zero-order chi connectivity index (χ0) is 12.6. The lowest BCUT2D eigenvalue weighted by Gasteiger charge is -2.18. The third-order valence-corrected chi connectivity index (χ3v) is 2.94. The second-order valence-electron chi connectivity index (χ2n) is 4.17. The van der Waals surface area contributed by atoms with E-state index in [2.05, 4.69) is 0 Å². The Balaban J connectivity index is 2.32. The highest BCUT2D eigenvalue weighted by Gasteiger charge is 2.35. The number of nitrogens with zero attached hydrogens (tertiary/aromatic N) is 1. The summed E-state index contributed by atoms with van der Waals surface area (Å²) in [6.07, 6.45) is -0.0225. The van der Waals surface area contributed by atoms with E-state index in [4.69, 9.17) is 5.11 Å². The summed E-state index contributed by atoms with van der Waals surface area (Å²) in [5.41, 5.74) is 1.21. The van der Waals surface area contributed by atoms with E-state index >= 15 is 0 Å². The number of halogens is 1. The van der Waals surface area contributed by atoms with Crippen LogP contribution >= 0.6 is 0 Å². The first kappa shape index (κ1) is 11.6. The molecule has 1 heterocycles. The van der Waals surface area contributed by atoms with Gasteiger partial charge in [-0.2, -0.15) is 0 Å². The molecule has 1 N–H and O–H groups in total. The molecule has 1 aromatic rings. The van der Waals surface area contributed by atoms with E-state index in [1.165, 1.54) is 17.0 Å². The van der Waals surface area contributed by atoms with Gasteiger partial charge in [-0.3, -0.25) is 9.59 Å². The van der Waals surface area contributed by atoms with Crippen molar-refractivity contribution in [3.8, 4) is 0 Å². The molecule has 0 aromatic heterocycles. The molecule has 0 spiro atoms. The number of benzene rings is 1. The Morgan fingerprint density at radius 3 is 2.82 bits per heavy atom. The second kappa shape index (κ2) is 4.16. The molecule has 1 aliphatic heterocycles.